The van der Waals surface area contributed by atoms with Crippen molar-refractivity contribution >= 4 is 39.4 Å². The van der Waals surface area contributed by atoms with Crippen molar-refractivity contribution in [3.05, 3.63) is 63.0 Å². The molecule has 0 radical (unpaired) electrons. The summed E-state index contributed by atoms with van der Waals surface area (Å²) >= 11 is 3.09. The Labute approximate surface area is 211 Å². The molecule has 9 heteroatoms. The number of carbonyl (C=O) groups is 2. The first-order valence-electron chi connectivity index (χ1n) is 11.9. The molecule has 1 aliphatic heterocycles. The lowest BCUT2D eigenvalue weighted by Gasteiger charge is -2.27. The highest BCUT2D eigenvalue weighted by Crippen LogP contribution is 2.50. The molecular formula is C26H27N5O2S2. The Hall–Kier alpha value is -3.04. The van der Waals surface area contributed by atoms with Crippen LogP contribution in [0, 0.1) is 39.5 Å². The molecular weight excluding hydrogens is 478 g/mol. The Kier molecular flexibility index (Phi) is 5.30. The molecule has 1 saturated heterocycles. The highest BCUT2D eigenvalue weighted by molar-refractivity contribution is 7.15. The maximum absolute atomic E-state index is 13.7. The number of aromatic nitrogens is 3. The van der Waals surface area contributed by atoms with E-state index in [9.17, 15) is 9.59 Å². The third-order valence-electron chi connectivity index (χ3n) is 7.23. The molecule has 6 rings (SSSR count). The quantitative estimate of drug-likeness (QED) is 0.428. The van der Waals surface area contributed by atoms with E-state index in [0.29, 0.717) is 29.8 Å². The van der Waals surface area contributed by atoms with Crippen LogP contribution < -0.4 is 5.32 Å². The van der Waals surface area contributed by atoms with Crippen LogP contribution >= 0.6 is 22.7 Å². The summed E-state index contributed by atoms with van der Waals surface area (Å²) in [6.45, 7) is 9.09. The van der Waals surface area contributed by atoms with Crippen molar-refractivity contribution in [2.24, 2.45) is 11.8 Å². The van der Waals surface area contributed by atoms with Crippen molar-refractivity contribution in [3.8, 4) is 10.4 Å². The first-order valence-corrected chi connectivity index (χ1v) is 13.6. The standard InChI is InChI=1S/C26H27N5O2S2/c1-13-6-5-7-17(8-13)23-22(28-16(4)35-23)25(33)30-11-18-9-19(18)20(30)10-27-24(32)21-15(3)31-14(2)12-34-26(31)29-21/h5-8,12,18-20H,9-11H2,1-4H3,(H,27,32)/t18-,19-,20-/m1/s1. The van der Waals surface area contributed by atoms with E-state index in [2.05, 4.69) is 34.3 Å². The van der Waals surface area contributed by atoms with Crippen LogP contribution in [0.3, 0.4) is 0 Å². The zero-order chi connectivity index (χ0) is 24.4. The summed E-state index contributed by atoms with van der Waals surface area (Å²) in [6, 6.07) is 8.19. The Morgan fingerprint density at radius 1 is 1.14 bits per heavy atom. The van der Waals surface area contributed by atoms with Gasteiger partial charge >= 0.3 is 0 Å². The van der Waals surface area contributed by atoms with Gasteiger partial charge in [0.15, 0.2) is 10.7 Å². The van der Waals surface area contributed by atoms with Crippen LogP contribution in [-0.2, 0) is 0 Å². The molecule has 4 heterocycles. The van der Waals surface area contributed by atoms with Gasteiger partial charge in [-0.25, -0.2) is 9.97 Å². The van der Waals surface area contributed by atoms with Crippen LogP contribution in [-0.4, -0.2) is 50.2 Å². The number of thiazole rings is 2. The second-order valence-corrected chi connectivity index (χ2v) is 11.8. The minimum atomic E-state index is -0.181. The second kappa shape index (κ2) is 8.27. The lowest BCUT2D eigenvalue weighted by Crippen LogP contribution is -2.46. The average Bonchev–Trinajstić information content (AvgIpc) is 3.12. The summed E-state index contributed by atoms with van der Waals surface area (Å²) in [7, 11) is 0. The van der Waals surface area contributed by atoms with E-state index in [1.54, 1.807) is 11.3 Å². The number of benzene rings is 1. The third kappa shape index (κ3) is 3.77. The third-order valence-corrected chi connectivity index (χ3v) is 9.20. The molecule has 1 aromatic carbocycles. The highest BCUT2D eigenvalue weighted by Gasteiger charge is 2.54. The zero-order valence-electron chi connectivity index (χ0n) is 20.2. The summed E-state index contributed by atoms with van der Waals surface area (Å²) < 4.78 is 2.01. The molecule has 1 N–H and O–H groups in total. The average molecular weight is 506 g/mol. The van der Waals surface area contributed by atoms with Gasteiger partial charge in [-0.15, -0.1) is 22.7 Å². The minimum absolute atomic E-state index is 0.0189. The van der Waals surface area contributed by atoms with Gasteiger partial charge in [0.2, 0.25) is 0 Å². The van der Waals surface area contributed by atoms with E-state index >= 15 is 0 Å². The number of carbonyl (C=O) groups excluding carboxylic acids is 2. The van der Waals surface area contributed by atoms with Crippen LogP contribution in [0.15, 0.2) is 29.6 Å². The molecule has 180 valence electrons. The summed E-state index contributed by atoms with van der Waals surface area (Å²) in [5.74, 6) is 0.742. The molecule has 0 unspecified atom stereocenters. The largest absolute Gasteiger partial charge is 0.349 e. The number of rotatable bonds is 5. The van der Waals surface area contributed by atoms with E-state index in [-0.39, 0.29) is 17.9 Å². The normalized spacial score (nSPS) is 20.9. The first kappa shape index (κ1) is 22.4. The maximum Gasteiger partial charge on any atom is 0.274 e. The van der Waals surface area contributed by atoms with Gasteiger partial charge in [0.1, 0.15) is 5.69 Å². The molecule has 2 fully saturated rings. The number of aryl methyl sites for hydroxylation is 4. The molecule has 2 amide bonds. The van der Waals surface area contributed by atoms with E-state index in [0.717, 1.165) is 50.3 Å². The summed E-state index contributed by atoms with van der Waals surface area (Å²) in [5.41, 5.74) is 5.08. The number of amides is 2. The van der Waals surface area contributed by atoms with Gasteiger partial charge < -0.3 is 10.2 Å². The first-order chi connectivity index (χ1) is 16.8. The van der Waals surface area contributed by atoms with Crippen LogP contribution in [0.5, 0.6) is 0 Å². The summed E-state index contributed by atoms with van der Waals surface area (Å²) in [6.07, 6.45) is 1.11. The number of fused-ring (bicyclic) bond motifs is 2. The molecule has 2 aliphatic rings. The summed E-state index contributed by atoms with van der Waals surface area (Å²) in [4.78, 5) is 39.7. The maximum atomic E-state index is 13.7. The number of nitrogens with zero attached hydrogens (tertiary/aromatic N) is 4. The molecule has 35 heavy (non-hydrogen) atoms. The van der Waals surface area contributed by atoms with E-state index in [4.69, 9.17) is 0 Å². The number of hydrogen-bond donors (Lipinski definition) is 1. The Morgan fingerprint density at radius 2 is 1.97 bits per heavy atom. The minimum Gasteiger partial charge on any atom is -0.349 e. The Bertz CT molecular complexity index is 1480. The van der Waals surface area contributed by atoms with Crippen molar-refractivity contribution in [2.75, 3.05) is 13.1 Å². The Balaban J connectivity index is 1.23. The molecule has 4 aromatic rings. The van der Waals surface area contributed by atoms with Gasteiger partial charge in [-0.1, -0.05) is 29.8 Å². The number of imidazole rings is 1. The van der Waals surface area contributed by atoms with E-state index in [1.165, 1.54) is 11.3 Å². The van der Waals surface area contributed by atoms with Gasteiger partial charge in [-0.05, 0) is 51.5 Å². The fraction of sp³-hybridized carbons (Fsp3) is 0.385. The van der Waals surface area contributed by atoms with Gasteiger partial charge in [0, 0.05) is 24.2 Å². The molecule has 3 atom stereocenters. The number of nitrogens with one attached hydrogen (secondary N) is 1. The number of piperidine rings is 1. The second-order valence-electron chi connectivity index (χ2n) is 9.72. The predicted molar refractivity (Wildman–Crippen MR) is 138 cm³/mol. The van der Waals surface area contributed by atoms with Gasteiger partial charge in [-0.3, -0.25) is 14.0 Å². The van der Waals surface area contributed by atoms with Crippen LogP contribution in [0.2, 0.25) is 0 Å². The van der Waals surface area contributed by atoms with Gasteiger partial charge in [0.05, 0.1) is 21.6 Å². The molecule has 7 nitrogen and oxygen atoms in total. The van der Waals surface area contributed by atoms with Crippen molar-refractivity contribution in [1.82, 2.24) is 24.6 Å². The zero-order valence-corrected chi connectivity index (χ0v) is 21.8. The number of hydrogen-bond acceptors (Lipinski definition) is 6. The van der Waals surface area contributed by atoms with Crippen LogP contribution in [0.25, 0.3) is 15.4 Å². The lowest BCUT2D eigenvalue weighted by atomic mass is 10.1. The van der Waals surface area contributed by atoms with Crippen LogP contribution in [0.4, 0.5) is 0 Å². The molecule has 1 saturated carbocycles. The molecule has 3 aromatic heterocycles. The molecule has 0 bridgehead atoms. The number of likely N-dealkylation sites (tertiary alicyclic amines) is 1. The SMILES string of the molecule is Cc1cccc(-c2sc(C)nc2C(=O)N2C[C@H]3C[C@H]3[C@H]2CNC(=O)c2nc3scc(C)n3c2C)c1. The van der Waals surface area contributed by atoms with E-state index in [1.807, 2.05) is 47.6 Å². The molecule has 0 spiro atoms. The monoisotopic (exact) mass is 505 g/mol. The summed E-state index contributed by atoms with van der Waals surface area (Å²) in [5, 5.41) is 6.00. The van der Waals surface area contributed by atoms with Crippen molar-refractivity contribution in [1.29, 1.82) is 0 Å². The fourth-order valence-electron chi connectivity index (χ4n) is 5.41. The smallest absolute Gasteiger partial charge is 0.274 e. The topological polar surface area (TPSA) is 79.6 Å². The lowest BCUT2D eigenvalue weighted by molar-refractivity contribution is 0.0690. The van der Waals surface area contributed by atoms with Gasteiger partial charge in [0.25, 0.3) is 11.8 Å². The Morgan fingerprint density at radius 3 is 2.74 bits per heavy atom. The van der Waals surface area contributed by atoms with Crippen molar-refractivity contribution in [3.63, 3.8) is 0 Å². The highest BCUT2D eigenvalue weighted by atomic mass is 32.1. The predicted octanol–water partition coefficient (Wildman–Crippen LogP) is 4.64. The van der Waals surface area contributed by atoms with Crippen molar-refractivity contribution < 1.29 is 9.59 Å². The van der Waals surface area contributed by atoms with Crippen LogP contribution in [0.1, 0.15) is 49.4 Å². The van der Waals surface area contributed by atoms with E-state index < -0.39 is 0 Å². The van der Waals surface area contributed by atoms with Crippen molar-refractivity contribution in [2.45, 2.75) is 40.2 Å². The van der Waals surface area contributed by atoms with Gasteiger partial charge in [-0.2, -0.15) is 0 Å². The molecule has 1 aliphatic carbocycles. The fourth-order valence-corrected chi connectivity index (χ4v) is 7.23.